The Balaban J connectivity index is 1.93. The van der Waals surface area contributed by atoms with Crippen LogP contribution in [0.5, 0.6) is 5.75 Å². The van der Waals surface area contributed by atoms with E-state index in [0.717, 1.165) is 12.8 Å². The van der Waals surface area contributed by atoms with Crippen molar-refractivity contribution in [2.45, 2.75) is 19.8 Å². The molecule has 0 heterocycles. The molecule has 0 atom stereocenters. The number of hydrogen-bond donors (Lipinski definition) is 2. The molecule has 5 heteroatoms. The molecule has 1 aromatic carbocycles. The van der Waals surface area contributed by atoms with Crippen molar-refractivity contribution in [3.05, 3.63) is 29.8 Å². The maximum atomic E-state index is 11.9. The van der Waals surface area contributed by atoms with Gasteiger partial charge in [0.05, 0.1) is 0 Å². The van der Waals surface area contributed by atoms with Crippen molar-refractivity contribution in [1.82, 2.24) is 5.32 Å². The van der Waals surface area contributed by atoms with Crippen LogP contribution in [0.3, 0.4) is 0 Å². The Morgan fingerprint density at radius 2 is 2.16 bits per heavy atom. The topological polar surface area (TPSA) is 75.6 Å². The number of carboxylic acids is 1. The monoisotopic (exact) mass is 263 g/mol. The number of carboxylic acid groups (broad SMARTS) is 1. The molecule has 0 bridgehead atoms. The molecule has 102 valence electrons. The fourth-order valence-electron chi connectivity index (χ4n) is 1.66. The van der Waals surface area contributed by atoms with Crippen LogP contribution in [-0.2, 0) is 4.79 Å². The molecule has 0 aromatic heterocycles. The summed E-state index contributed by atoms with van der Waals surface area (Å²) in [7, 11) is 0. The minimum Gasteiger partial charge on any atom is -0.482 e. The highest BCUT2D eigenvalue weighted by molar-refractivity contribution is 5.94. The molecule has 1 amide bonds. The van der Waals surface area contributed by atoms with E-state index >= 15 is 0 Å². The minimum atomic E-state index is -1.04. The summed E-state index contributed by atoms with van der Waals surface area (Å²) in [5.41, 5.74) is 0.736. The van der Waals surface area contributed by atoms with E-state index in [-0.39, 0.29) is 11.3 Å². The normalized spacial score (nSPS) is 15.6. The van der Waals surface area contributed by atoms with Crippen LogP contribution in [0.2, 0.25) is 0 Å². The lowest BCUT2D eigenvalue weighted by Gasteiger charge is -2.10. The maximum Gasteiger partial charge on any atom is 0.341 e. The van der Waals surface area contributed by atoms with Gasteiger partial charge >= 0.3 is 5.97 Å². The second-order valence-electron chi connectivity index (χ2n) is 5.20. The van der Waals surface area contributed by atoms with E-state index in [2.05, 4.69) is 12.2 Å². The van der Waals surface area contributed by atoms with E-state index in [4.69, 9.17) is 9.84 Å². The number of carbonyl (C=O) groups is 2. The van der Waals surface area contributed by atoms with Gasteiger partial charge < -0.3 is 15.2 Å². The van der Waals surface area contributed by atoms with Gasteiger partial charge in [-0.3, -0.25) is 4.79 Å². The van der Waals surface area contributed by atoms with Crippen LogP contribution in [0.25, 0.3) is 0 Å². The summed E-state index contributed by atoms with van der Waals surface area (Å²) in [5.74, 6) is -0.821. The Kier molecular flexibility index (Phi) is 3.74. The van der Waals surface area contributed by atoms with Gasteiger partial charge in [0.25, 0.3) is 5.91 Å². The number of ether oxygens (including phenoxy) is 1. The van der Waals surface area contributed by atoms with E-state index in [1.165, 1.54) is 0 Å². The van der Waals surface area contributed by atoms with E-state index in [1.807, 2.05) is 0 Å². The molecule has 1 aromatic rings. The van der Waals surface area contributed by atoms with Crippen molar-refractivity contribution >= 4 is 11.9 Å². The van der Waals surface area contributed by atoms with E-state index in [1.54, 1.807) is 24.3 Å². The largest absolute Gasteiger partial charge is 0.482 e. The van der Waals surface area contributed by atoms with Crippen LogP contribution < -0.4 is 10.1 Å². The lowest BCUT2D eigenvalue weighted by molar-refractivity contribution is -0.139. The zero-order chi connectivity index (χ0) is 13.9. The molecule has 0 aliphatic heterocycles. The molecular weight excluding hydrogens is 246 g/mol. The Bertz CT molecular complexity index is 494. The Morgan fingerprint density at radius 1 is 1.42 bits per heavy atom. The number of nitrogens with one attached hydrogen (secondary N) is 1. The second kappa shape index (κ2) is 5.30. The van der Waals surface area contributed by atoms with Crippen LogP contribution in [0.4, 0.5) is 0 Å². The van der Waals surface area contributed by atoms with Gasteiger partial charge in [-0.1, -0.05) is 13.0 Å². The maximum absolute atomic E-state index is 11.9. The summed E-state index contributed by atoms with van der Waals surface area (Å²) in [6, 6.07) is 6.53. The number of rotatable bonds is 6. The van der Waals surface area contributed by atoms with Crippen molar-refractivity contribution in [2.24, 2.45) is 5.41 Å². The molecule has 19 heavy (non-hydrogen) atoms. The van der Waals surface area contributed by atoms with Gasteiger partial charge in [-0.25, -0.2) is 4.79 Å². The first-order valence-corrected chi connectivity index (χ1v) is 6.21. The lowest BCUT2D eigenvalue weighted by Crippen LogP contribution is -2.28. The smallest absolute Gasteiger partial charge is 0.341 e. The Labute approximate surface area is 111 Å². The summed E-state index contributed by atoms with van der Waals surface area (Å²) in [4.78, 5) is 22.3. The summed E-state index contributed by atoms with van der Waals surface area (Å²) in [6.45, 7) is 2.40. The predicted molar refractivity (Wildman–Crippen MR) is 69.2 cm³/mol. The number of hydrogen-bond acceptors (Lipinski definition) is 3. The van der Waals surface area contributed by atoms with E-state index < -0.39 is 12.6 Å². The quantitative estimate of drug-likeness (QED) is 0.818. The van der Waals surface area contributed by atoms with E-state index in [9.17, 15) is 9.59 Å². The molecule has 0 radical (unpaired) electrons. The van der Waals surface area contributed by atoms with Crippen molar-refractivity contribution < 1.29 is 19.4 Å². The third kappa shape index (κ3) is 3.98. The number of amides is 1. The number of benzene rings is 1. The van der Waals surface area contributed by atoms with E-state index in [0.29, 0.717) is 17.9 Å². The van der Waals surface area contributed by atoms with Crippen molar-refractivity contribution in [3.63, 3.8) is 0 Å². The average molecular weight is 263 g/mol. The van der Waals surface area contributed by atoms with Crippen LogP contribution in [-0.4, -0.2) is 30.1 Å². The third-order valence-electron chi connectivity index (χ3n) is 3.24. The molecule has 1 aliphatic rings. The molecule has 2 rings (SSSR count). The molecular formula is C14H17NO4. The Hall–Kier alpha value is -2.04. The summed E-state index contributed by atoms with van der Waals surface area (Å²) < 4.78 is 5.04. The van der Waals surface area contributed by atoms with Gasteiger partial charge in [0, 0.05) is 12.1 Å². The van der Waals surface area contributed by atoms with Crippen LogP contribution in [0.1, 0.15) is 30.1 Å². The zero-order valence-corrected chi connectivity index (χ0v) is 10.8. The highest BCUT2D eigenvalue weighted by atomic mass is 16.5. The molecule has 1 fully saturated rings. The number of aliphatic carboxylic acids is 1. The zero-order valence-electron chi connectivity index (χ0n) is 10.8. The molecule has 0 saturated heterocycles. The third-order valence-corrected chi connectivity index (χ3v) is 3.24. The molecule has 0 unspecified atom stereocenters. The van der Waals surface area contributed by atoms with Crippen LogP contribution >= 0.6 is 0 Å². The fraction of sp³-hybridized carbons (Fsp3) is 0.429. The van der Waals surface area contributed by atoms with Gasteiger partial charge in [0.2, 0.25) is 0 Å². The van der Waals surface area contributed by atoms with Gasteiger partial charge in [0.1, 0.15) is 5.75 Å². The first kappa shape index (κ1) is 13.4. The molecule has 5 nitrogen and oxygen atoms in total. The SMILES string of the molecule is CC1(CNC(=O)c2cccc(OCC(=O)O)c2)CC1. The fourth-order valence-corrected chi connectivity index (χ4v) is 1.66. The molecule has 2 N–H and O–H groups in total. The molecule has 1 saturated carbocycles. The predicted octanol–water partition coefficient (Wildman–Crippen LogP) is 1.68. The standard InChI is InChI=1S/C14H17NO4/c1-14(5-6-14)9-15-13(18)10-3-2-4-11(7-10)19-8-12(16)17/h2-4,7H,5-6,8-9H2,1H3,(H,15,18)(H,16,17). The van der Waals surface area contributed by atoms with Gasteiger partial charge in [0.15, 0.2) is 6.61 Å². The van der Waals surface area contributed by atoms with Gasteiger partial charge in [-0.15, -0.1) is 0 Å². The van der Waals surface area contributed by atoms with Gasteiger partial charge in [-0.05, 0) is 36.5 Å². The summed E-state index contributed by atoms with van der Waals surface area (Å²) in [5, 5.41) is 11.4. The Morgan fingerprint density at radius 3 is 2.79 bits per heavy atom. The van der Waals surface area contributed by atoms with Gasteiger partial charge in [-0.2, -0.15) is 0 Å². The summed E-state index contributed by atoms with van der Waals surface area (Å²) >= 11 is 0. The summed E-state index contributed by atoms with van der Waals surface area (Å²) in [6.07, 6.45) is 2.30. The highest BCUT2D eigenvalue weighted by Crippen LogP contribution is 2.44. The number of carbonyl (C=O) groups excluding carboxylic acids is 1. The second-order valence-corrected chi connectivity index (χ2v) is 5.20. The molecule has 0 spiro atoms. The molecule has 1 aliphatic carbocycles. The van der Waals surface area contributed by atoms with Crippen molar-refractivity contribution in [3.8, 4) is 5.75 Å². The van der Waals surface area contributed by atoms with Crippen LogP contribution in [0, 0.1) is 5.41 Å². The first-order chi connectivity index (χ1) is 8.98. The highest BCUT2D eigenvalue weighted by Gasteiger charge is 2.37. The minimum absolute atomic E-state index is 0.158. The van der Waals surface area contributed by atoms with Crippen molar-refractivity contribution in [1.29, 1.82) is 0 Å². The first-order valence-electron chi connectivity index (χ1n) is 6.21. The average Bonchev–Trinajstić information content (AvgIpc) is 3.12. The van der Waals surface area contributed by atoms with Crippen LogP contribution in [0.15, 0.2) is 24.3 Å². The lowest BCUT2D eigenvalue weighted by atomic mass is 10.1. The van der Waals surface area contributed by atoms with Crippen molar-refractivity contribution in [2.75, 3.05) is 13.2 Å².